The number of fused-ring (bicyclic) bond motifs is 1. The third kappa shape index (κ3) is 3.88. The van der Waals surface area contributed by atoms with Crippen LogP contribution in [0, 0.1) is 11.8 Å². The van der Waals surface area contributed by atoms with Crippen molar-refractivity contribution in [3.63, 3.8) is 0 Å². The molecule has 1 aliphatic carbocycles. The molecular formula is C22H30N4O3. The van der Waals surface area contributed by atoms with Gasteiger partial charge in [0.1, 0.15) is 6.04 Å². The zero-order valence-electron chi connectivity index (χ0n) is 17.2. The third-order valence-corrected chi connectivity index (χ3v) is 6.66. The number of piperidine rings is 1. The second kappa shape index (κ2) is 8.14. The van der Waals surface area contributed by atoms with Gasteiger partial charge in [0, 0.05) is 13.5 Å². The molecule has 29 heavy (non-hydrogen) atoms. The van der Waals surface area contributed by atoms with Gasteiger partial charge in [-0.05, 0) is 81.6 Å². The molecule has 1 saturated heterocycles. The van der Waals surface area contributed by atoms with E-state index in [1.54, 1.807) is 16.2 Å². The van der Waals surface area contributed by atoms with E-state index in [1.807, 2.05) is 13.1 Å². The van der Waals surface area contributed by atoms with Crippen molar-refractivity contribution >= 4 is 22.8 Å². The number of aromatic nitrogens is 2. The predicted octanol–water partition coefficient (Wildman–Crippen LogP) is 1.89. The molecule has 7 nitrogen and oxygen atoms in total. The first-order chi connectivity index (χ1) is 14.0. The molecule has 2 fully saturated rings. The van der Waals surface area contributed by atoms with Gasteiger partial charge in [0.05, 0.1) is 11.0 Å². The van der Waals surface area contributed by atoms with Crippen LogP contribution in [0.2, 0.25) is 0 Å². The number of carbonyl (C=O) groups is 2. The molecule has 0 spiro atoms. The molecule has 2 heterocycles. The van der Waals surface area contributed by atoms with E-state index in [2.05, 4.69) is 22.8 Å². The van der Waals surface area contributed by atoms with Crippen molar-refractivity contribution in [1.29, 1.82) is 0 Å². The molecule has 7 heteroatoms. The van der Waals surface area contributed by atoms with Crippen LogP contribution in [0.4, 0.5) is 0 Å². The summed E-state index contributed by atoms with van der Waals surface area (Å²) in [6.45, 7) is 1.11. The number of aryl methyl sites for hydroxylation is 1. The molecule has 2 amide bonds. The van der Waals surface area contributed by atoms with E-state index in [0.717, 1.165) is 29.9 Å². The van der Waals surface area contributed by atoms with Gasteiger partial charge in [-0.3, -0.25) is 24.0 Å². The molecule has 2 N–H and O–H groups in total. The second-order valence-corrected chi connectivity index (χ2v) is 8.65. The minimum Gasteiger partial charge on any atom is -0.319 e. The Hall–Kier alpha value is -2.41. The summed E-state index contributed by atoms with van der Waals surface area (Å²) in [5.74, 6) is 0.821. The Kier molecular flexibility index (Phi) is 5.58. The normalized spacial score (nSPS) is 25.4. The highest BCUT2D eigenvalue weighted by Gasteiger charge is 2.31. The number of amides is 2. The molecule has 1 aromatic heterocycles. The van der Waals surface area contributed by atoms with Crippen LogP contribution in [0.3, 0.4) is 0 Å². The molecule has 156 valence electrons. The SMILES string of the molecule is CNCC1CCC(Cc2ccc3c(c2)n(C)c(=O)n3C2CCC(=O)NC2=O)CC1. The lowest BCUT2D eigenvalue weighted by atomic mass is 9.79. The second-order valence-electron chi connectivity index (χ2n) is 8.65. The fourth-order valence-electron chi connectivity index (χ4n) is 5.03. The molecule has 1 aliphatic heterocycles. The Morgan fingerprint density at radius 1 is 1.03 bits per heavy atom. The summed E-state index contributed by atoms with van der Waals surface area (Å²) < 4.78 is 3.16. The number of rotatable bonds is 5. The van der Waals surface area contributed by atoms with E-state index >= 15 is 0 Å². The van der Waals surface area contributed by atoms with Gasteiger partial charge in [0.2, 0.25) is 11.8 Å². The number of hydrogen-bond donors (Lipinski definition) is 2. The average molecular weight is 399 g/mol. The Morgan fingerprint density at radius 3 is 2.45 bits per heavy atom. The van der Waals surface area contributed by atoms with E-state index in [9.17, 15) is 14.4 Å². The van der Waals surface area contributed by atoms with Crippen LogP contribution in [0.15, 0.2) is 23.0 Å². The van der Waals surface area contributed by atoms with Crippen LogP contribution in [0.5, 0.6) is 0 Å². The molecular weight excluding hydrogens is 368 g/mol. The van der Waals surface area contributed by atoms with Gasteiger partial charge in [-0.1, -0.05) is 6.07 Å². The lowest BCUT2D eigenvalue weighted by Crippen LogP contribution is -2.44. The number of imidazole rings is 1. The third-order valence-electron chi connectivity index (χ3n) is 6.66. The first-order valence-corrected chi connectivity index (χ1v) is 10.7. The highest BCUT2D eigenvalue weighted by Crippen LogP contribution is 2.31. The number of nitrogens with one attached hydrogen (secondary N) is 2. The Labute approximate surface area is 170 Å². The molecule has 2 aromatic rings. The molecule has 2 aliphatic rings. The molecule has 1 atom stereocenters. The minimum absolute atomic E-state index is 0.209. The van der Waals surface area contributed by atoms with Crippen molar-refractivity contribution in [3.05, 3.63) is 34.2 Å². The Morgan fingerprint density at radius 2 is 1.76 bits per heavy atom. The summed E-state index contributed by atoms with van der Waals surface area (Å²) in [6.07, 6.45) is 6.70. The van der Waals surface area contributed by atoms with Gasteiger partial charge in [0.15, 0.2) is 0 Å². The maximum atomic E-state index is 12.9. The highest BCUT2D eigenvalue weighted by molar-refractivity contribution is 6.00. The topological polar surface area (TPSA) is 85.1 Å². The molecule has 1 saturated carbocycles. The summed E-state index contributed by atoms with van der Waals surface area (Å²) in [6, 6.07) is 5.52. The zero-order chi connectivity index (χ0) is 20.5. The van der Waals surface area contributed by atoms with E-state index < -0.39 is 11.9 Å². The van der Waals surface area contributed by atoms with Gasteiger partial charge < -0.3 is 5.32 Å². The van der Waals surface area contributed by atoms with Crippen LogP contribution in [0.1, 0.15) is 50.1 Å². The first kappa shape index (κ1) is 19.9. The number of imide groups is 1. The van der Waals surface area contributed by atoms with Crippen molar-refractivity contribution in [2.75, 3.05) is 13.6 Å². The van der Waals surface area contributed by atoms with Crippen molar-refractivity contribution in [3.8, 4) is 0 Å². The first-order valence-electron chi connectivity index (χ1n) is 10.7. The van der Waals surface area contributed by atoms with Gasteiger partial charge in [-0.15, -0.1) is 0 Å². The van der Waals surface area contributed by atoms with Crippen molar-refractivity contribution in [2.45, 2.75) is 51.0 Å². The van der Waals surface area contributed by atoms with Gasteiger partial charge in [0.25, 0.3) is 0 Å². The van der Waals surface area contributed by atoms with Crippen molar-refractivity contribution in [1.82, 2.24) is 19.8 Å². The predicted molar refractivity (Wildman–Crippen MR) is 112 cm³/mol. The fraction of sp³-hybridized carbons (Fsp3) is 0.591. The summed E-state index contributed by atoms with van der Waals surface area (Å²) in [5, 5.41) is 5.64. The van der Waals surface area contributed by atoms with E-state index in [1.165, 1.54) is 31.2 Å². The summed E-state index contributed by atoms with van der Waals surface area (Å²) in [7, 11) is 3.77. The number of nitrogens with zero attached hydrogens (tertiary/aromatic N) is 2. The standard InChI is InChI=1S/C22H30N4O3/c1-23-13-15-5-3-14(4-6-15)11-16-7-8-17-19(12-16)25(2)22(29)26(17)18-9-10-20(27)24-21(18)28/h7-8,12,14-15,18,23H,3-6,9-11,13H2,1-2H3,(H,24,27,28). The van der Waals surface area contributed by atoms with E-state index in [4.69, 9.17) is 0 Å². The largest absolute Gasteiger partial charge is 0.329 e. The minimum atomic E-state index is -0.628. The zero-order valence-corrected chi connectivity index (χ0v) is 17.2. The smallest absolute Gasteiger partial charge is 0.319 e. The molecule has 1 unspecified atom stereocenters. The van der Waals surface area contributed by atoms with Crippen molar-refractivity contribution < 1.29 is 9.59 Å². The Balaban J connectivity index is 1.56. The number of benzene rings is 1. The van der Waals surface area contributed by atoms with Crippen LogP contribution < -0.4 is 16.3 Å². The van der Waals surface area contributed by atoms with E-state index in [-0.39, 0.29) is 18.0 Å². The maximum Gasteiger partial charge on any atom is 0.329 e. The lowest BCUT2D eigenvalue weighted by Gasteiger charge is -2.28. The summed E-state index contributed by atoms with van der Waals surface area (Å²) in [5.41, 5.74) is 2.64. The van der Waals surface area contributed by atoms with Crippen LogP contribution in [-0.4, -0.2) is 34.5 Å². The molecule has 1 aromatic carbocycles. The number of hydrogen-bond acceptors (Lipinski definition) is 4. The average Bonchev–Trinajstić information content (AvgIpc) is 2.94. The van der Waals surface area contributed by atoms with Gasteiger partial charge >= 0.3 is 5.69 Å². The quantitative estimate of drug-likeness (QED) is 0.753. The van der Waals surface area contributed by atoms with Crippen LogP contribution in [-0.2, 0) is 23.1 Å². The van der Waals surface area contributed by atoms with Gasteiger partial charge in [-0.25, -0.2) is 4.79 Å². The fourth-order valence-corrected chi connectivity index (χ4v) is 5.03. The Bertz CT molecular complexity index is 982. The number of carbonyl (C=O) groups excluding carboxylic acids is 2. The molecule has 0 radical (unpaired) electrons. The highest BCUT2D eigenvalue weighted by atomic mass is 16.2. The van der Waals surface area contributed by atoms with Crippen LogP contribution >= 0.6 is 0 Å². The molecule has 0 bridgehead atoms. The maximum absolute atomic E-state index is 12.9. The van der Waals surface area contributed by atoms with Crippen LogP contribution in [0.25, 0.3) is 11.0 Å². The summed E-state index contributed by atoms with van der Waals surface area (Å²) >= 11 is 0. The lowest BCUT2D eigenvalue weighted by molar-refractivity contribution is -0.135. The molecule has 4 rings (SSSR count). The summed E-state index contributed by atoms with van der Waals surface area (Å²) in [4.78, 5) is 36.6. The van der Waals surface area contributed by atoms with E-state index in [0.29, 0.717) is 12.3 Å². The monoisotopic (exact) mass is 398 g/mol. The van der Waals surface area contributed by atoms with Crippen molar-refractivity contribution in [2.24, 2.45) is 18.9 Å². The van der Waals surface area contributed by atoms with Gasteiger partial charge in [-0.2, -0.15) is 0 Å².